The summed E-state index contributed by atoms with van der Waals surface area (Å²) in [5.41, 5.74) is -0.688. The molecule has 31 heavy (non-hydrogen) atoms. The first kappa shape index (κ1) is 21.7. The molecule has 2 N–H and O–H groups in total. The second kappa shape index (κ2) is 8.91. The monoisotopic (exact) mass is 469 g/mol. The van der Waals surface area contributed by atoms with Gasteiger partial charge in [-0.25, -0.2) is 4.79 Å². The highest BCUT2D eigenvalue weighted by Crippen LogP contribution is 2.28. The number of fused-ring (bicyclic) bond motifs is 1. The number of aromatic amines is 1. The van der Waals surface area contributed by atoms with Crippen molar-refractivity contribution in [1.29, 1.82) is 0 Å². The van der Waals surface area contributed by atoms with Gasteiger partial charge in [-0.05, 0) is 18.2 Å². The SMILES string of the molecule is Cn1c(=O)[nH]c(=O)c2c1nc(N1CCOCC1)n2C[C@@H](O)COc1ccc(Cl)cc1Cl. The molecule has 1 atom stereocenters. The molecule has 1 aliphatic heterocycles. The van der Waals surface area contributed by atoms with Crippen LogP contribution in [0.15, 0.2) is 27.8 Å². The van der Waals surface area contributed by atoms with Crippen molar-refractivity contribution in [1.82, 2.24) is 19.1 Å². The zero-order valence-electron chi connectivity index (χ0n) is 16.7. The molecule has 12 heteroatoms. The quantitative estimate of drug-likeness (QED) is 0.553. The van der Waals surface area contributed by atoms with Gasteiger partial charge in [0.1, 0.15) is 18.5 Å². The summed E-state index contributed by atoms with van der Waals surface area (Å²) in [6, 6.07) is 4.80. The molecular weight excluding hydrogens is 449 g/mol. The summed E-state index contributed by atoms with van der Waals surface area (Å²) in [5.74, 6) is 0.864. The van der Waals surface area contributed by atoms with E-state index in [0.717, 1.165) is 0 Å². The van der Waals surface area contributed by atoms with E-state index in [9.17, 15) is 14.7 Å². The lowest BCUT2D eigenvalue weighted by atomic mass is 10.3. The number of morpholine rings is 1. The van der Waals surface area contributed by atoms with Crippen LogP contribution in [-0.4, -0.2) is 63.2 Å². The number of rotatable bonds is 6. The fraction of sp³-hybridized carbons (Fsp3) is 0.421. The summed E-state index contributed by atoms with van der Waals surface area (Å²) in [4.78, 5) is 33.4. The number of aromatic nitrogens is 4. The molecule has 0 spiro atoms. The Labute approximate surface area is 186 Å². The normalized spacial score (nSPS) is 15.4. The number of nitrogens with one attached hydrogen (secondary N) is 1. The Kier molecular flexibility index (Phi) is 6.24. The smallest absolute Gasteiger partial charge is 0.329 e. The molecule has 3 aromatic rings. The molecule has 1 saturated heterocycles. The van der Waals surface area contributed by atoms with Gasteiger partial charge in [0.05, 0.1) is 24.8 Å². The second-order valence-electron chi connectivity index (χ2n) is 7.15. The van der Waals surface area contributed by atoms with Crippen LogP contribution in [-0.2, 0) is 18.3 Å². The third-order valence-electron chi connectivity index (χ3n) is 5.00. The maximum atomic E-state index is 12.6. The number of hydrogen-bond donors (Lipinski definition) is 2. The lowest BCUT2D eigenvalue weighted by Gasteiger charge is -2.28. The summed E-state index contributed by atoms with van der Waals surface area (Å²) in [6.07, 6.45) is -0.986. The number of imidazole rings is 1. The van der Waals surface area contributed by atoms with Crippen LogP contribution in [0.1, 0.15) is 0 Å². The molecule has 0 saturated carbocycles. The van der Waals surface area contributed by atoms with Crippen molar-refractivity contribution in [2.75, 3.05) is 37.8 Å². The molecule has 3 heterocycles. The lowest BCUT2D eigenvalue weighted by molar-refractivity contribution is 0.0928. The maximum Gasteiger partial charge on any atom is 0.329 e. The molecule has 10 nitrogen and oxygen atoms in total. The molecule has 0 bridgehead atoms. The third kappa shape index (κ3) is 4.42. The molecule has 0 aliphatic carbocycles. The van der Waals surface area contributed by atoms with Crippen LogP contribution in [0.2, 0.25) is 10.0 Å². The van der Waals surface area contributed by atoms with Gasteiger partial charge in [0.25, 0.3) is 5.56 Å². The number of anilines is 1. The van der Waals surface area contributed by atoms with Crippen LogP contribution in [0.25, 0.3) is 11.2 Å². The molecule has 4 rings (SSSR count). The Morgan fingerprint density at radius 2 is 2.03 bits per heavy atom. The molecule has 1 aliphatic rings. The molecule has 0 radical (unpaired) electrons. The Hall–Kier alpha value is -2.53. The van der Waals surface area contributed by atoms with Crippen molar-refractivity contribution < 1.29 is 14.6 Å². The minimum absolute atomic E-state index is 0.0235. The number of ether oxygens (including phenoxy) is 2. The molecule has 0 amide bonds. The summed E-state index contributed by atoms with van der Waals surface area (Å²) < 4.78 is 13.9. The predicted octanol–water partition coefficient (Wildman–Crippen LogP) is 1.01. The average Bonchev–Trinajstić information content (AvgIpc) is 3.12. The first-order chi connectivity index (χ1) is 14.8. The molecule has 2 aromatic heterocycles. The van der Waals surface area contributed by atoms with Gasteiger partial charge < -0.3 is 24.0 Å². The number of aryl methyl sites for hydroxylation is 1. The molecule has 166 valence electrons. The first-order valence-corrected chi connectivity index (χ1v) is 10.4. The van der Waals surface area contributed by atoms with Crippen molar-refractivity contribution in [3.05, 3.63) is 49.1 Å². The van der Waals surface area contributed by atoms with Crippen molar-refractivity contribution >= 4 is 40.3 Å². The van der Waals surface area contributed by atoms with Gasteiger partial charge in [-0.3, -0.25) is 14.3 Å². The standard InChI is InChI=1S/C19H21Cl2N5O5/c1-24-16-15(17(28)23-19(24)29)26(18(22-16)25-4-6-30-7-5-25)9-12(27)10-31-14-3-2-11(20)8-13(14)21/h2-3,8,12,27H,4-7,9-10H2,1H3,(H,23,28,29)/t12-/m1/s1. The van der Waals surface area contributed by atoms with E-state index in [1.807, 2.05) is 4.90 Å². The predicted molar refractivity (Wildman–Crippen MR) is 117 cm³/mol. The number of halogens is 2. The number of aliphatic hydroxyl groups is 1. The van der Waals surface area contributed by atoms with E-state index in [1.54, 1.807) is 22.8 Å². The fourth-order valence-electron chi connectivity index (χ4n) is 3.44. The van der Waals surface area contributed by atoms with E-state index in [0.29, 0.717) is 48.0 Å². The molecule has 1 fully saturated rings. The van der Waals surface area contributed by atoms with E-state index < -0.39 is 17.4 Å². The van der Waals surface area contributed by atoms with E-state index in [1.165, 1.54) is 11.6 Å². The number of H-pyrrole nitrogens is 1. The van der Waals surface area contributed by atoms with Crippen molar-refractivity contribution in [2.24, 2.45) is 7.05 Å². The summed E-state index contributed by atoms with van der Waals surface area (Å²) in [7, 11) is 1.53. The molecule has 1 aromatic carbocycles. The van der Waals surface area contributed by atoms with Gasteiger partial charge in [-0.15, -0.1) is 0 Å². The highest BCUT2D eigenvalue weighted by Gasteiger charge is 2.24. The minimum Gasteiger partial charge on any atom is -0.489 e. The van der Waals surface area contributed by atoms with Gasteiger partial charge in [0, 0.05) is 25.2 Å². The van der Waals surface area contributed by atoms with Gasteiger partial charge >= 0.3 is 5.69 Å². The first-order valence-electron chi connectivity index (χ1n) is 9.63. The van der Waals surface area contributed by atoms with Gasteiger partial charge in [0.15, 0.2) is 11.2 Å². The van der Waals surface area contributed by atoms with Crippen molar-refractivity contribution in [3.8, 4) is 5.75 Å². The van der Waals surface area contributed by atoms with Gasteiger partial charge in [-0.1, -0.05) is 23.2 Å². The van der Waals surface area contributed by atoms with E-state index in [4.69, 9.17) is 32.7 Å². The van der Waals surface area contributed by atoms with Gasteiger partial charge in [0.2, 0.25) is 5.95 Å². The van der Waals surface area contributed by atoms with Crippen LogP contribution in [0.4, 0.5) is 5.95 Å². The fourth-order valence-corrected chi connectivity index (χ4v) is 3.91. The van der Waals surface area contributed by atoms with Crippen molar-refractivity contribution in [3.63, 3.8) is 0 Å². The topological polar surface area (TPSA) is 115 Å². The third-order valence-corrected chi connectivity index (χ3v) is 5.53. The highest BCUT2D eigenvalue weighted by atomic mass is 35.5. The lowest BCUT2D eigenvalue weighted by Crippen LogP contribution is -2.39. The van der Waals surface area contributed by atoms with E-state index in [-0.39, 0.29) is 24.3 Å². The largest absolute Gasteiger partial charge is 0.489 e. The van der Waals surface area contributed by atoms with Crippen LogP contribution in [0.3, 0.4) is 0 Å². The molecule has 0 unspecified atom stereocenters. The Bertz CT molecular complexity index is 1210. The second-order valence-corrected chi connectivity index (χ2v) is 8.00. The number of aliphatic hydroxyl groups excluding tert-OH is 1. The van der Waals surface area contributed by atoms with Crippen LogP contribution >= 0.6 is 23.2 Å². The minimum atomic E-state index is -0.986. The zero-order chi connectivity index (χ0) is 22.1. The zero-order valence-corrected chi connectivity index (χ0v) is 18.2. The Morgan fingerprint density at radius 3 is 2.74 bits per heavy atom. The highest BCUT2D eigenvalue weighted by molar-refractivity contribution is 6.35. The average molecular weight is 470 g/mol. The van der Waals surface area contributed by atoms with Crippen LogP contribution in [0, 0.1) is 0 Å². The summed E-state index contributed by atoms with van der Waals surface area (Å²) >= 11 is 12.0. The van der Waals surface area contributed by atoms with E-state index >= 15 is 0 Å². The summed E-state index contributed by atoms with van der Waals surface area (Å²) in [6.45, 7) is 2.12. The van der Waals surface area contributed by atoms with Crippen LogP contribution < -0.4 is 20.9 Å². The summed E-state index contributed by atoms with van der Waals surface area (Å²) in [5, 5.41) is 11.5. The van der Waals surface area contributed by atoms with E-state index in [2.05, 4.69) is 9.97 Å². The Balaban J connectivity index is 1.65. The molecular formula is C19H21Cl2N5O5. The number of benzene rings is 1. The number of nitrogens with zero attached hydrogens (tertiary/aromatic N) is 4. The Morgan fingerprint density at radius 1 is 1.29 bits per heavy atom. The van der Waals surface area contributed by atoms with Crippen LogP contribution in [0.5, 0.6) is 5.75 Å². The number of hydrogen-bond acceptors (Lipinski definition) is 7. The maximum absolute atomic E-state index is 12.6. The van der Waals surface area contributed by atoms with Gasteiger partial charge in [-0.2, -0.15) is 4.98 Å². The van der Waals surface area contributed by atoms with Crippen molar-refractivity contribution in [2.45, 2.75) is 12.6 Å².